The van der Waals surface area contributed by atoms with Crippen molar-refractivity contribution in [1.29, 1.82) is 0 Å². The molecule has 2 aromatic carbocycles. The summed E-state index contributed by atoms with van der Waals surface area (Å²) in [4.78, 5) is 0. The molecule has 0 bridgehead atoms. The van der Waals surface area contributed by atoms with Crippen molar-refractivity contribution in [3.8, 4) is 17.0 Å². The summed E-state index contributed by atoms with van der Waals surface area (Å²) in [5.41, 5.74) is 10.4. The van der Waals surface area contributed by atoms with Crippen molar-refractivity contribution in [3.63, 3.8) is 0 Å². The molecule has 4 nitrogen and oxygen atoms in total. The average molecular weight is 307 g/mol. The fourth-order valence-corrected chi connectivity index (χ4v) is 2.82. The minimum absolute atomic E-state index is 0.107. The molecule has 0 spiro atoms. The van der Waals surface area contributed by atoms with E-state index in [1.54, 1.807) is 7.11 Å². The smallest absolute Gasteiger partial charge is 0.118 e. The van der Waals surface area contributed by atoms with Crippen LogP contribution in [0, 0.1) is 0 Å². The van der Waals surface area contributed by atoms with Crippen molar-refractivity contribution in [2.45, 2.75) is 5.92 Å². The van der Waals surface area contributed by atoms with Crippen molar-refractivity contribution in [2.75, 3.05) is 13.7 Å². The molecule has 3 rings (SSSR count). The molecule has 2 N–H and O–H groups in total. The van der Waals surface area contributed by atoms with Crippen LogP contribution in [0.4, 0.5) is 0 Å². The van der Waals surface area contributed by atoms with Crippen LogP contribution in [-0.4, -0.2) is 23.4 Å². The van der Waals surface area contributed by atoms with Crippen molar-refractivity contribution in [2.24, 2.45) is 12.8 Å². The van der Waals surface area contributed by atoms with E-state index < -0.39 is 0 Å². The first-order chi connectivity index (χ1) is 11.2. The van der Waals surface area contributed by atoms with Gasteiger partial charge in [-0.25, -0.2) is 0 Å². The maximum absolute atomic E-state index is 6.05. The summed E-state index contributed by atoms with van der Waals surface area (Å²) in [5.74, 6) is 0.954. The normalized spacial score (nSPS) is 12.1. The minimum atomic E-state index is 0.107. The topological polar surface area (TPSA) is 53.1 Å². The van der Waals surface area contributed by atoms with Crippen LogP contribution in [0.25, 0.3) is 11.3 Å². The first-order valence-corrected chi connectivity index (χ1v) is 7.66. The highest BCUT2D eigenvalue weighted by Crippen LogP contribution is 2.28. The Kier molecular flexibility index (Phi) is 4.44. The largest absolute Gasteiger partial charge is 0.497 e. The van der Waals surface area contributed by atoms with Gasteiger partial charge >= 0.3 is 0 Å². The van der Waals surface area contributed by atoms with E-state index in [1.807, 2.05) is 42.1 Å². The molecule has 0 amide bonds. The molecule has 118 valence electrons. The lowest BCUT2D eigenvalue weighted by atomic mass is 9.95. The van der Waals surface area contributed by atoms with Gasteiger partial charge in [0.1, 0.15) is 5.75 Å². The first kappa shape index (κ1) is 15.3. The first-order valence-electron chi connectivity index (χ1n) is 7.66. The number of aromatic nitrogens is 2. The maximum Gasteiger partial charge on any atom is 0.118 e. The Morgan fingerprint density at radius 2 is 1.78 bits per heavy atom. The van der Waals surface area contributed by atoms with Crippen molar-refractivity contribution in [1.82, 2.24) is 9.78 Å². The summed E-state index contributed by atoms with van der Waals surface area (Å²) < 4.78 is 7.15. The van der Waals surface area contributed by atoms with Gasteiger partial charge < -0.3 is 10.5 Å². The van der Waals surface area contributed by atoms with E-state index in [0.29, 0.717) is 6.54 Å². The van der Waals surface area contributed by atoms with Crippen molar-refractivity contribution < 1.29 is 4.74 Å². The Bertz CT molecular complexity index is 763. The third-order valence-electron chi connectivity index (χ3n) is 4.10. The molecule has 0 saturated carbocycles. The van der Waals surface area contributed by atoms with Crippen molar-refractivity contribution >= 4 is 0 Å². The summed E-state index contributed by atoms with van der Waals surface area (Å²) in [7, 11) is 3.64. The van der Waals surface area contributed by atoms with Crippen molar-refractivity contribution in [3.05, 3.63) is 71.9 Å². The highest BCUT2D eigenvalue weighted by Gasteiger charge is 2.18. The van der Waals surface area contributed by atoms with Gasteiger partial charge in [-0.3, -0.25) is 4.68 Å². The van der Waals surface area contributed by atoms with Crippen LogP contribution in [0.15, 0.2) is 60.7 Å². The molecular weight excluding hydrogens is 286 g/mol. The van der Waals surface area contributed by atoms with Gasteiger partial charge in [0.15, 0.2) is 0 Å². The van der Waals surface area contributed by atoms with E-state index >= 15 is 0 Å². The lowest BCUT2D eigenvalue weighted by molar-refractivity contribution is 0.414. The highest BCUT2D eigenvalue weighted by atomic mass is 16.5. The van der Waals surface area contributed by atoms with Gasteiger partial charge in [-0.05, 0) is 23.8 Å². The second-order valence-electron chi connectivity index (χ2n) is 5.51. The SMILES string of the molecule is COc1ccc(C(CN)c2cc(-c3ccccc3)nn2C)cc1. The number of ether oxygens (including phenoxy) is 1. The Morgan fingerprint density at radius 1 is 1.09 bits per heavy atom. The van der Waals surface area contributed by atoms with Crippen LogP contribution in [0.1, 0.15) is 17.2 Å². The van der Waals surface area contributed by atoms with Gasteiger partial charge in [-0.2, -0.15) is 5.10 Å². The van der Waals surface area contributed by atoms with E-state index in [-0.39, 0.29) is 5.92 Å². The molecule has 23 heavy (non-hydrogen) atoms. The van der Waals surface area contributed by atoms with Gasteiger partial charge in [-0.1, -0.05) is 42.5 Å². The fraction of sp³-hybridized carbons (Fsp3) is 0.211. The molecule has 0 saturated heterocycles. The van der Waals surface area contributed by atoms with Gasteiger partial charge in [0.05, 0.1) is 12.8 Å². The monoisotopic (exact) mass is 307 g/mol. The maximum atomic E-state index is 6.05. The van der Waals surface area contributed by atoms with Gasteiger partial charge in [0.2, 0.25) is 0 Å². The Balaban J connectivity index is 1.96. The van der Waals surface area contributed by atoms with Gasteiger partial charge in [0.25, 0.3) is 0 Å². The number of nitrogens with two attached hydrogens (primary N) is 1. The van der Waals surface area contributed by atoms with Crippen LogP contribution < -0.4 is 10.5 Å². The second-order valence-corrected chi connectivity index (χ2v) is 5.51. The number of rotatable bonds is 5. The lowest BCUT2D eigenvalue weighted by Crippen LogP contribution is -2.17. The van der Waals surface area contributed by atoms with Crippen LogP contribution in [-0.2, 0) is 7.05 Å². The third kappa shape index (κ3) is 3.12. The average Bonchev–Trinajstić information content (AvgIpc) is 2.99. The van der Waals surface area contributed by atoms with Crippen LogP contribution in [0.2, 0.25) is 0 Å². The van der Waals surface area contributed by atoms with E-state index in [4.69, 9.17) is 10.5 Å². The Morgan fingerprint density at radius 3 is 2.39 bits per heavy atom. The fourth-order valence-electron chi connectivity index (χ4n) is 2.82. The quantitative estimate of drug-likeness (QED) is 0.787. The van der Waals surface area contributed by atoms with E-state index in [1.165, 1.54) is 0 Å². The minimum Gasteiger partial charge on any atom is -0.497 e. The van der Waals surface area contributed by atoms with Crippen LogP contribution in [0.3, 0.4) is 0 Å². The van der Waals surface area contributed by atoms with Gasteiger partial charge in [-0.15, -0.1) is 0 Å². The highest BCUT2D eigenvalue weighted by molar-refractivity contribution is 5.59. The number of benzene rings is 2. The zero-order valence-electron chi connectivity index (χ0n) is 13.4. The second kappa shape index (κ2) is 6.67. The molecule has 1 atom stereocenters. The zero-order chi connectivity index (χ0) is 16.2. The summed E-state index contributed by atoms with van der Waals surface area (Å²) in [6.45, 7) is 0.528. The Hall–Kier alpha value is -2.59. The molecule has 1 unspecified atom stereocenters. The summed E-state index contributed by atoms with van der Waals surface area (Å²) >= 11 is 0. The lowest BCUT2D eigenvalue weighted by Gasteiger charge is -2.16. The number of nitrogens with zero attached hydrogens (tertiary/aromatic N) is 2. The van der Waals surface area contributed by atoms with E-state index in [9.17, 15) is 0 Å². The molecular formula is C19H21N3O. The molecule has 3 aromatic rings. The van der Waals surface area contributed by atoms with E-state index in [2.05, 4.69) is 35.4 Å². The molecule has 0 aliphatic carbocycles. The molecule has 1 aromatic heterocycles. The molecule has 0 fully saturated rings. The summed E-state index contributed by atoms with van der Waals surface area (Å²) in [6.07, 6.45) is 0. The Labute approximate surface area is 136 Å². The number of hydrogen-bond acceptors (Lipinski definition) is 3. The van der Waals surface area contributed by atoms with Crippen LogP contribution in [0.5, 0.6) is 5.75 Å². The third-order valence-corrected chi connectivity index (χ3v) is 4.10. The predicted molar refractivity (Wildman–Crippen MR) is 92.5 cm³/mol. The summed E-state index contributed by atoms with van der Waals surface area (Å²) in [5, 5.41) is 4.65. The molecule has 0 aliphatic heterocycles. The molecule has 1 heterocycles. The number of hydrogen-bond donors (Lipinski definition) is 1. The standard InChI is InChI=1S/C19H21N3O/c1-22-19(12-18(21-22)15-6-4-3-5-7-15)17(13-20)14-8-10-16(23-2)11-9-14/h3-12,17H,13,20H2,1-2H3. The van der Waals surface area contributed by atoms with Crippen LogP contribution >= 0.6 is 0 Å². The predicted octanol–water partition coefficient (Wildman–Crippen LogP) is 3.19. The zero-order valence-corrected chi connectivity index (χ0v) is 13.4. The molecule has 4 heteroatoms. The summed E-state index contributed by atoms with van der Waals surface area (Å²) in [6, 6.07) is 20.4. The number of aryl methyl sites for hydroxylation is 1. The van der Waals surface area contributed by atoms with Gasteiger partial charge in [0, 0.05) is 30.8 Å². The number of methoxy groups -OCH3 is 1. The molecule has 0 aliphatic rings. The molecule has 0 radical (unpaired) electrons. The van der Waals surface area contributed by atoms with E-state index in [0.717, 1.165) is 28.3 Å².